The number of rotatable bonds is 6. The van der Waals surface area contributed by atoms with Crippen LogP contribution in [0.2, 0.25) is 0 Å². The van der Waals surface area contributed by atoms with E-state index in [0.717, 1.165) is 17.8 Å². The number of anilines is 3. The second kappa shape index (κ2) is 12.3. The predicted octanol–water partition coefficient (Wildman–Crippen LogP) is 14.2. The average molecular weight is 664 g/mol. The molecule has 0 amide bonds. The van der Waals surface area contributed by atoms with E-state index >= 15 is 0 Å². The Hall–Kier alpha value is -4.62. The molecular weight excluding hydrogens is 615 g/mol. The van der Waals surface area contributed by atoms with Gasteiger partial charge in [0.05, 0.1) is 5.69 Å². The van der Waals surface area contributed by atoms with Crippen molar-refractivity contribution in [3.05, 3.63) is 150 Å². The van der Waals surface area contributed by atoms with Crippen LogP contribution >= 0.6 is 0 Å². The van der Waals surface area contributed by atoms with Gasteiger partial charge < -0.3 is 4.90 Å². The van der Waals surface area contributed by atoms with Gasteiger partial charge in [-0.25, -0.2) is 0 Å². The Balaban J connectivity index is 1.10. The van der Waals surface area contributed by atoms with Crippen molar-refractivity contribution in [3.63, 3.8) is 0 Å². The molecule has 0 aliphatic heterocycles. The maximum Gasteiger partial charge on any atom is 0.0540 e. The van der Waals surface area contributed by atoms with Crippen LogP contribution in [0.4, 0.5) is 17.1 Å². The minimum atomic E-state index is -0.115. The maximum absolute atomic E-state index is 2.56. The summed E-state index contributed by atoms with van der Waals surface area (Å²) in [4.78, 5) is 2.56. The highest BCUT2D eigenvalue weighted by Gasteiger charge is 2.40. The van der Waals surface area contributed by atoms with Crippen LogP contribution in [0.25, 0.3) is 33.0 Å². The Morgan fingerprint density at radius 2 is 1.29 bits per heavy atom. The molecule has 0 heterocycles. The Morgan fingerprint density at radius 1 is 0.549 bits per heavy atom. The van der Waals surface area contributed by atoms with Crippen LogP contribution in [0.3, 0.4) is 0 Å². The summed E-state index contributed by atoms with van der Waals surface area (Å²) in [6.07, 6.45) is 12.4. The van der Waals surface area contributed by atoms with E-state index in [1.807, 2.05) is 0 Å². The molecule has 6 aromatic carbocycles. The van der Waals surface area contributed by atoms with E-state index in [1.54, 1.807) is 5.56 Å². The molecule has 3 fully saturated rings. The lowest BCUT2D eigenvalue weighted by Gasteiger charge is -2.30. The monoisotopic (exact) mass is 663 g/mol. The molecular formula is C50H49N. The summed E-state index contributed by atoms with van der Waals surface area (Å²) in [5, 5.41) is 2.67. The smallest absolute Gasteiger partial charge is 0.0540 e. The van der Waals surface area contributed by atoms with Crippen LogP contribution < -0.4 is 4.90 Å². The van der Waals surface area contributed by atoms with Crippen molar-refractivity contribution in [2.24, 2.45) is 11.8 Å². The first-order chi connectivity index (χ1) is 25.0. The fourth-order valence-electron chi connectivity index (χ4n) is 10.8. The topological polar surface area (TPSA) is 3.24 Å². The van der Waals surface area contributed by atoms with E-state index < -0.39 is 0 Å². The van der Waals surface area contributed by atoms with Gasteiger partial charge in [-0.05, 0) is 148 Å². The summed E-state index contributed by atoms with van der Waals surface area (Å²) in [6, 6.07) is 49.2. The SMILES string of the molecule is CC1(C)c2cc(-c3ccccc3)ccc2-c2ccc(N(c3ccc(C4CC5CCC4C5)cc3)c3cccc4ccc(C5CCCCC5)cc34)cc21. The van der Waals surface area contributed by atoms with Crippen LogP contribution in [0, 0.1) is 11.8 Å². The predicted molar refractivity (Wildman–Crippen MR) is 216 cm³/mol. The molecule has 1 heteroatoms. The lowest BCUT2D eigenvalue weighted by atomic mass is 9.81. The molecule has 254 valence electrons. The zero-order valence-electron chi connectivity index (χ0n) is 30.2. The van der Waals surface area contributed by atoms with Crippen LogP contribution in [0.15, 0.2) is 127 Å². The molecule has 4 aliphatic rings. The Morgan fingerprint density at radius 3 is 2.06 bits per heavy atom. The molecule has 4 aliphatic carbocycles. The lowest BCUT2D eigenvalue weighted by molar-refractivity contribution is 0.420. The summed E-state index contributed by atoms with van der Waals surface area (Å²) >= 11 is 0. The molecule has 3 atom stereocenters. The first-order valence-electron chi connectivity index (χ1n) is 19.8. The van der Waals surface area contributed by atoms with E-state index in [9.17, 15) is 0 Å². The van der Waals surface area contributed by atoms with Gasteiger partial charge in [0.2, 0.25) is 0 Å². The van der Waals surface area contributed by atoms with Crippen molar-refractivity contribution in [2.75, 3.05) is 4.90 Å². The Bertz CT molecular complexity index is 2240. The van der Waals surface area contributed by atoms with Gasteiger partial charge >= 0.3 is 0 Å². The van der Waals surface area contributed by atoms with Gasteiger partial charge in [-0.2, -0.15) is 0 Å². The molecule has 6 aromatic rings. The molecule has 51 heavy (non-hydrogen) atoms. The molecule has 0 radical (unpaired) electrons. The second-order valence-corrected chi connectivity index (χ2v) is 16.8. The zero-order valence-corrected chi connectivity index (χ0v) is 30.2. The van der Waals surface area contributed by atoms with Crippen molar-refractivity contribution in [1.29, 1.82) is 0 Å². The fourth-order valence-corrected chi connectivity index (χ4v) is 10.8. The van der Waals surface area contributed by atoms with Gasteiger partial charge in [-0.15, -0.1) is 0 Å². The van der Waals surface area contributed by atoms with Crippen molar-refractivity contribution in [3.8, 4) is 22.3 Å². The van der Waals surface area contributed by atoms with E-state index in [2.05, 4.69) is 146 Å². The highest BCUT2D eigenvalue weighted by molar-refractivity contribution is 6.00. The summed E-state index contributed by atoms with van der Waals surface area (Å²) in [5.74, 6) is 3.25. The minimum Gasteiger partial charge on any atom is -0.310 e. The van der Waals surface area contributed by atoms with Crippen molar-refractivity contribution in [2.45, 2.75) is 88.9 Å². The number of fused-ring (bicyclic) bond motifs is 6. The average Bonchev–Trinajstić information content (AvgIpc) is 3.88. The fraction of sp³-hybridized carbons (Fsp3) is 0.320. The van der Waals surface area contributed by atoms with Gasteiger partial charge in [0.1, 0.15) is 0 Å². The number of nitrogens with zero attached hydrogens (tertiary/aromatic N) is 1. The summed E-state index contributed by atoms with van der Waals surface area (Å²) in [6.45, 7) is 4.83. The van der Waals surface area contributed by atoms with Gasteiger partial charge in [-0.1, -0.05) is 124 Å². The van der Waals surface area contributed by atoms with E-state index in [-0.39, 0.29) is 5.41 Å². The number of hydrogen-bond acceptors (Lipinski definition) is 1. The molecule has 0 saturated heterocycles. The Kier molecular flexibility index (Phi) is 7.49. The third-order valence-corrected chi connectivity index (χ3v) is 13.5. The van der Waals surface area contributed by atoms with Crippen molar-refractivity contribution < 1.29 is 0 Å². The molecule has 0 aromatic heterocycles. The second-order valence-electron chi connectivity index (χ2n) is 16.8. The molecule has 1 nitrogen and oxygen atoms in total. The summed E-state index contributed by atoms with van der Waals surface area (Å²) in [5.41, 5.74) is 14.8. The van der Waals surface area contributed by atoms with Crippen molar-refractivity contribution in [1.82, 2.24) is 0 Å². The normalized spacial score (nSPS) is 21.9. The summed E-state index contributed by atoms with van der Waals surface area (Å²) in [7, 11) is 0. The quantitative estimate of drug-likeness (QED) is 0.171. The molecule has 2 bridgehead atoms. The maximum atomic E-state index is 2.56. The van der Waals surface area contributed by atoms with Crippen molar-refractivity contribution >= 4 is 27.8 Å². The molecule has 0 spiro atoms. The van der Waals surface area contributed by atoms with E-state index in [4.69, 9.17) is 0 Å². The lowest BCUT2D eigenvalue weighted by Crippen LogP contribution is -2.17. The number of hydrogen-bond donors (Lipinski definition) is 0. The molecule has 3 unspecified atom stereocenters. The number of benzene rings is 6. The molecule has 10 rings (SSSR count). The van der Waals surface area contributed by atoms with Gasteiger partial charge in [0.25, 0.3) is 0 Å². The van der Waals surface area contributed by atoms with Crippen LogP contribution in [-0.4, -0.2) is 0 Å². The highest BCUT2D eigenvalue weighted by Crippen LogP contribution is 2.54. The van der Waals surface area contributed by atoms with E-state index in [0.29, 0.717) is 5.92 Å². The summed E-state index contributed by atoms with van der Waals surface area (Å²) < 4.78 is 0. The van der Waals surface area contributed by atoms with Crippen LogP contribution in [0.1, 0.15) is 106 Å². The Labute approximate surface area is 304 Å². The highest BCUT2D eigenvalue weighted by atomic mass is 15.1. The third kappa shape index (κ3) is 5.26. The van der Waals surface area contributed by atoms with Gasteiger partial charge in [0.15, 0.2) is 0 Å². The largest absolute Gasteiger partial charge is 0.310 e. The minimum absolute atomic E-state index is 0.115. The zero-order chi connectivity index (χ0) is 34.1. The first-order valence-corrected chi connectivity index (χ1v) is 19.8. The van der Waals surface area contributed by atoms with Gasteiger partial charge in [-0.3, -0.25) is 0 Å². The van der Waals surface area contributed by atoms with Crippen LogP contribution in [0.5, 0.6) is 0 Å². The van der Waals surface area contributed by atoms with Gasteiger partial charge in [0, 0.05) is 22.2 Å². The standard InChI is InChI=1S/C50H49N/c1-50(2)47-31-39(35-12-7-4-8-13-35)22-26-43(47)44-27-25-42(32-48(44)50)51(41-23-20-37(21-24-41)45-29-33-16-17-40(45)28-33)49-15-9-14-36-18-19-38(30-46(36)49)34-10-5-3-6-11-34/h4,7-9,12-15,18-27,30-34,40,45H,3,5-6,10-11,16-17,28-29H2,1-2H3. The first kappa shape index (κ1) is 31.1. The van der Waals surface area contributed by atoms with Crippen LogP contribution in [-0.2, 0) is 5.41 Å². The molecule has 3 saturated carbocycles. The van der Waals surface area contributed by atoms with E-state index in [1.165, 1.54) is 125 Å². The third-order valence-electron chi connectivity index (χ3n) is 13.5. The molecule has 0 N–H and O–H groups in total.